The van der Waals surface area contributed by atoms with Crippen LogP contribution in [0.15, 0.2) is 54.6 Å². The quantitative estimate of drug-likeness (QED) is 0.353. The first-order valence-corrected chi connectivity index (χ1v) is 8.49. The Morgan fingerprint density at radius 1 is 1.04 bits per heavy atom. The topological polar surface area (TPSA) is 92.5 Å². The number of fused-ring (bicyclic) bond motifs is 1. The standard InChI is InChI=1S/C20H19N3O5/c1-13(2)19(24)28-11-10-27-16-7-5-15(6-8-16)23-21-17-9-4-14(20(25)26-3)12-18(17)22-23/h4-9,12H,1,10-11H2,2-3H3. The number of hydrogen-bond donors (Lipinski definition) is 0. The van der Waals surface area contributed by atoms with Crippen LogP contribution < -0.4 is 4.74 Å². The number of benzene rings is 2. The summed E-state index contributed by atoms with van der Waals surface area (Å²) < 4.78 is 15.2. The van der Waals surface area contributed by atoms with Gasteiger partial charge in [0.25, 0.3) is 0 Å². The lowest BCUT2D eigenvalue weighted by molar-refractivity contribution is -0.139. The molecule has 0 aliphatic carbocycles. The molecule has 1 aromatic heterocycles. The minimum atomic E-state index is -0.439. The molecule has 8 nitrogen and oxygen atoms in total. The first kappa shape index (κ1) is 19.1. The molecule has 0 amide bonds. The Labute approximate surface area is 161 Å². The van der Waals surface area contributed by atoms with Crippen LogP contribution in [0.3, 0.4) is 0 Å². The highest BCUT2D eigenvalue weighted by atomic mass is 16.6. The Hall–Kier alpha value is -3.68. The van der Waals surface area contributed by atoms with Gasteiger partial charge < -0.3 is 14.2 Å². The van der Waals surface area contributed by atoms with Crippen LogP contribution >= 0.6 is 0 Å². The average molecular weight is 381 g/mol. The van der Waals surface area contributed by atoms with Crippen LogP contribution in [0, 0.1) is 0 Å². The molecule has 0 N–H and O–H groups in total. The van der Waals surface area contributed by atoms with Crippen molar-refractivity contribution in [3.05, 3.63) is 60.2 Å². The van der Waals surface area contributed by atoms with Crippen LogP contribution in [0.25, 0.3) is 16.7 Å². The van der Waals surface area contributed by atoms with Crippen molar-refractivity contribution in [3.63, 3.8) is 0 Å². The maximum Gasteiger partial charge on any atom is 0.337 e. The van der Waals surface area contributed by atoms with Gasteiger partial charge in [-0.15, -0.1) is 10.2 Å². The highest BCUT2D eigenvalue weighted by molar-refractivity contribution is 5.93. The van der Waals surface area contributed by atoms with Crippen LogP contribution in [-0.4, -0.2) is 47.3 Å². The maximum absolute atomic E-state index is 11.6. The van der Waals surface area contributed by atoms with Gasteiger partial charge in [0.15, 0.2) is 0 Å². The molecule has 0 spiro atoms. The molecule has 2 aromatic carbocycles. The molecule has 1 heterocycles. The second kappa shape index (κ2) is 8.34. The average Bonchev–Trinajstić information content (AvgIpc) is 3.14. The molecule has 0 bridgehead atoms. The molecule has 0 saturated heterocycles. The molecule has 3 aromatic rings. The van der Waals surface area contributed by atoms with Crippen molar-refractivity contribution in [2.75, 3.05) is 20.3 Å². The van der Waals surface area contributed by atoms with Crippen LogP contribution in [0.1, 0.15) is 17.3 Å². The number of nitrogens with zero attached hydrogens (tertiary/aromatic N) is 3. The third-order valence-corrected chi connectivity index (χ3v) is 3.80. The Kier molecular flexibility index (Phi) is 5.69. The molecule has 0 aliphatic rings. The van der Waals surface area contributed by atoms with E-state index < -0.39 is 11.9 Å². The number of methoxy groups -OCH3 is 1. The van der Waals surface area contributed by atoms with E-state index in [0.29, 0.717) is 27.9 Å². The van der Waals surface area contributed by atoms with E-state index in [4.69, 9.17) is 14.2 Å². The van der Waals surface area contributed by atoms with E-state index in [1.165, 1.54) is 11.9 Å². The third-order valence-electron chi connectivity index (χ3n) is 3.80. The third kappa shape index (κ3) is 4.35. The van der Waals surface area contributed by atoms with Gasteiger partial charge in [-0.25, -0.2) is 9.59 Å². The van der Waals surface area contributed by atoms with Gasteiger partial charge in [-0.1, -0.05) is 6.58 Å². The van der Waals surface area contributed by atoms with Gasteiger partial charge in [-0.05, 0) is 49.4 Å². The van der Waals surface area contributed by atoms with Crippen molar-refractivity contribution in [1.29, 1.82) is 0 Å². The van der Waals surface area contributed by atoms with E-state index in [9.17, 15) is 9.59 Å². The number of esters is 2. The fourth-order valence-electron chi connectivity index (χ4n) is 2.37. The zero-order valence-corrected chi connectivity index (χ0v) is 15.5. The van der Waals surface area contributed by atoms with Crippen molar-refractivity contribution in [2.24, 2.45) is 0 Å². The van der Waals surface area contributed by atoms with Crippen molar-refractivity contribution in [2.45, 2.75) is 6.92 Å². The van der Waals surface area contributed by atoms with E-state index in [1.807, 2.05) is 0 Å². The van der Waals surface area contributed by atoms with Gasteiger partial charge in [-0.3, -0.25) is 0 Å². The fraction of sp³-hybridized carbons (Fsp3) is 0.200. The Balaban J connectivity index is 1.65. The van der Waals surface area contributed by atoms with E-state index in [0.717, 1.165) is 5.69 Å². The van der Waals surface area contributed by atoms with E-state index in [2.05, 4.69) is 16.8 Å². The van der Waals surface area contributed by atoms with Crippen molar-refractivity contribution in [1.82, 2.24) is 15.0 Å². The summed E-state index contributed by atoms with van der Waals surface area (Å²) in [5.74, 6) is -0.238. The zero-order chi connectivity index (χ0) is 20.1. The number of aromatic nitrogens is 3. The molecule has 28 heavy (non-hydrogen) atoms. The summed E-state index contributed by atoms with van der Waals surface area (Å²) >= 11 is 0. The highest BCUT2D eigenvalue weighted by Gasteiger charge is 2.10. The van der Waals surface area contributed by atoms with Gasteiger partial charge in [0.2, 0.25) is 0 Å². The second-order valence-corrected chi connectivity index (χ2v) is 5.94. The molecule has 3 rings (SSSR count). The molecular weight excluding hydrogens is 362 g/mol. The summed E-state index contributed by atoms with van der Waals surface area (Å²) in [7, 11) is 1.33. The number of carbonyl (C=O) groups is 2. The lowest BCUT2D eigenvalue weighted by Gasteiger charge is -2.07. The van der Waals surface area contributed by atoms with Crippen molar-refractivity contribution in [3.8, 4) is 11.4 Å². The minimum absolute atomic E-state index is 0.141. The second-order valence-electron chi connectivity index (χ2n) is 5.94. The van der Waals surface area contributed by atoms with Gasteiger partial charge in [-0.2, -0.15) is 4.80 Å². The van der Waals surface area contributed by atoms with E-state index in [1.54, 1.807) is 49.4 Å². The maximum atomic E-state index is 11.6. The summed E-state index contributed by atoms with van der Waals surface area (Å²) in [4.78, 5) is 24.4. The predicted molar refractivity (Wildman–Crippen MR) is 101 cm³/mol. The molecule has 0 radical (unpaired) electrons. The molecule has 8 heteroatoms. The Bertz CT molecular complexity index is 1020. The Morgan fingerprint density at radius 3 is 2.43 bits per heavy atom. The summed E-state index contributed by atoms with van der Waals surface area (Å²) in [6.45, 7) is 5.48. The summed E-state index contributed by atoms with van der Waals surface area (Å²) in [5.41, 5.74) is 2.74. The number of rotatable bonds is 7. The fourth-order valence-corrected chi connectivity index (χ4v) is 2.37. The van der Waals surface area contributed by atoms with Crippen molar-refractivity contribution >= 4 is 23.0 Å². The molecule has 0 saturated carbocycles. The van der Waals surface area contributed by atoms with Gasteiger partial charge in [0.1, 0.15) is 30.0 Å². The van der Waals surface area contributed by atoms with Crippen molar-refractivity contribution < 1.29 is 23.8 Å². The highest BCUT2D eigenvalue weighted by Crippen LogP contribution is 2.18. The van der Waals surface area contributed by atoms with Crippen LogP contribution in [0.2, 0.25) is 0 Å². The summed E-state index contributed by atoms with van der Waals surface area (Å²) in [5, 5.41) is 8.79. The molecular formula is C20H19N3O5. The normalized spacial score (nSPS) is 10.5. The van der Waals surface area contributed by atoms with Gasteiger partial charge in [0, 0.05) is 5.57 Å². The zero-order valence-electron chi connectivity index (χ0n) is 15.5. The summed E-state index contributed by atoms with van der Waals surface area (Å²) in [6.07, 6.45) is 0. The SMILES string of the molecule is C=C(C)C(=O)OCCOc1ccc(-n2nc3ccc(C(=O)OC)cc3n2)cc1. The number of carbonyl (C=O) groups excluding carboxylic acids is 2. The first-order valence-electron chi connectivity index (χ1n) is 8.49. The number of hydrogen-bond acceptors (Lipinski definition) is 7. The van der Waals surface area contributed by atoms with Gasteiger partial charge in [0.05, 0.1) is 18.4 Å². The lowest BCUT2D eigenvalue weighted by Crippen LogP contribution is -2.12. The monoisotopic (exact) mass is 381 g/mol. The van der Waals surface area contributed by atoms with Crippen LogP contribution in [0.5, 0.6) is 5.75 Å². The number of ether oxygens (including phenoxy) is 3. The molecule has 0 unspecified atom stereocenters. The Morgan fingerprint density at radius 2 is 1.75 bits per heavy atom. The largest absolute Gasteiger partial charge is 0.490 e. The predicted octanol–water partition coefficient (Wildman–Crippen LogP) is 2.71. The molecule has 0 aliphatic heterocycles. The van der Waals surface area contributed by atoms with E-state index in [-0.39, 0.29) is 13.2 Å². The van der Waals surface area contributed by atoms with E-state index >= 15 is 0 Å². The minimum Gasteiger partial charge on any atom is -0.490 e. The summed E-state index contributed by atoms with van der Waals surface area (Å²) in [6, 6.07) is 12.1. The van der Waals surface area contributed by atoms with Gasteiger partial charge >= 0.3 is 11.9 Å². The smallest absolute Gasteiger partial charge is 0.337 e. The van der Waals surface area contributed by atoms with Crippen LogP contribution in [-0.2, 0) is 14.3 Å². The molecule has 0 atom stereocenters. The molecule has 0 fully saturated rings. The van der Waals surface area contributed by atoms with Crippen LogP contribution in [0.4, 0.5) is 0 Å². The molecule has 144 valence electrons. The lowest BCUT2D eigenvalue weighted by atomic mass is 10.2. The first-order chi connectivity index (χ1) is 13.5.